The van der Waals surface area contributed by atoms with Crippen molar-refractivity contribution < 1.29 is 4.79 Å². The molecule has 0 aliphatic rings. The highest BCUT2D eigenvalue weighted by Gasteiger charge is 2.30. The lowest BCUT2D eigenvalue weighted by Gasteiger charge is -2.24. The topological polar surface area (TPSA) is 98.7 Å². The monoisotopic (exact) mass is 292 g/mol. The lowest BCUT2D eigenvalue weighted by molar-refractivity contribution is -0.122. The van der Waals surface area contributed by atoms with Gasteiger partial charge in [-0.1, -0.05) is 30.0 Å². The Bertz CT molecular complexity index is 587. The predicted octanol–water partition coefficient (Wildman–Crippen LogP) is 0.218. The van der Waals surface area contributed by atoms with Gasteiger partial charge < -0.3 is 11.1 Å². The molecule has 1 amide bonds. The number of thioether (sulfide) groups is 1. The summed E-state index contributed by atoms with van der Waals surface area (Å²) in [5.74, 6) is 0.0257. The molecule has 0 saturated carbocycles. The molecule has 0 aliphatic carbocycles. The summed E-state index contributed by atoms with van der Waals surface area (Å²) in [5, 5.41) is 15.1. The summed E-state index contributed by atoms with van der Waals surface area (Å²) in [6.45, 7) is 1.75. The van der Waals surface area contributed by atoms with Crippen LogP contribution in [0, 0.1) is 0 Å². The first-order chi connectivity index (χ1) is 9.57. The van der Waals surface area contributed by atoms with E-state index in [0.29, 0.717) is 10.9 Å². The summed E-state index contributed by atoms with van der Waals surface area (Å²) < 4.78 is 1.63. The van der Waals surface area contributed by atoms with Gasteiger partial charge in [0.1, 0.15) is 5.54 Å². The number of hydrogen-bond donors (Lipinski definition) is 2. The Morgan fingerprint density at radius 1 is 1.45 bits per heavy atom. The Labute approximate surface area is 120 Å². The third kappa shape index (κ3) is 2.97. The first-order valence-corrected chi connectivity index (χ1v) is 7.01. The summed E-state index contributed by atoms with van der Waals surface area (Å²) in [6, 6.07) is 9.56. The van der Waals surface area contributed by atoms with Crippen LogP contribution in [0.4, 0.5) is 0 Å². The average Bonchev–Trinajstić information content (AvgIpc) is 2.94. The van der Waals surface area contributed by atoms with Crippen molar-refractivity contribution in [1.29, 1.82) is 0 Å². The first kappa shape index (κ1) is 14.5. The molecule has 0 bridgehead atoms. The Hall–Kier alpha value is -1.93. The summed E-state index contributed by atoms with van der Waals surface area (Å²) in [7, 11) is 1.70. The number of tetrazole rings is 1. The van der Waals surface area contributed by atoms with Gasteiger partial charge in [-0.15, -0.1) is 5.10 Å². The Morgan fingerprint density at radius 2 is 2.15 bits per heavy atom. The van der Waals surface area contributed by atoms with Crippen LogP contribution in [-0.4, -0.2) is 44.5 Å². The van der Waals surface area contributed by atoms with Crippen LogP contribution in [0.2, 0.25) is 0 Å². The molecule has 7 nitrogen and oxygen atoms in total. The van der Waals surface area contributed by atoms with E-state index in [2.05, 4.69) is 20.8 Å². The van der Waals surface area contributed by atoms with Crippen molar-refractivity contribution in [3.8, 4) is 5.69 Å². The van der Waals surface area contributed by atoms with E-state index in [0.717, 1.165) is 5.69 Å². The van der Waals surface area contributed by atoms with Crippen molar-refractivity contribution in [2.75, 3.05) is 12.8 Å². The van der Waals surface area contributed by atoms with Crippen molar-refractivity contribution in [3.63, 3.8) is 0 Å². The third-order valence-corrected chi connectivity index (χ3v) is 4.26. The number of amides is 1. The van der Waals surface area contributed by atoms with Crippen LogP contribution >= 0.6 is 11.8 Å². The maximum absolute atomic E-state index is 11.5. The maximum Gasteiger partial charge on any atom is 0.238 e. The first-order valence-electron chi connectivity index (χ1n) is 6.02. The minimum absolute atomic E-state index is 0.411. The van der Waals surface area contributed by atoms with Crippen molar-refractivity contribution in [3.05, 3.63) is 30.3 Å². The normalized spacial score (nSPS) is 13.9. The number of benzene rings is 1. The molecule has 2 rings (SSSR count). The van der Waals surface area contributed by atoms with E-state index in [1.165, 1.54) is 11.8 Å². The summed E-state index contributed by atoms with van der Waals surface area (Å²) >= 11 is 1.37. The number of aromatic nitrogens is 4. The van der Waals surface area contributed by atoms with E-state index in [4.69, 9.17) is 5.73 Å². The smallest absolute Gasteiger partial charge is 0.238 e. The van der Waals surface area contributed by atoms with Crippen molar-refractivity contribution in [2.24, 2.45) is 5.73 Å². The number of nitrogens with two attached hydrogens (primary N) is 1. The molecule has 1 aromatic carbocycles. The molecule has 1 unspecified atom stereocenters. The molecule has 20 heavy (non-hydrogen) atoms. The maximum atomic E-state index is 11.5. The quantitative estimate of drug-likeness (QED) is 0.739. The minimum atomic E-state index is -0.807. The third-order valence-electron chi connectivity index (χ3n) is 3.03. The Kier molecular flexibility index (Phi) is 4.35. The Balaban J connectivity index is 2.16. The number of nitrogens with one attached hydrogen (secondary N) is 1. The second-order valence-corrected chi connectivity index (χ2v) is 5.39. The molecule has 0 saturated heterocycles. The van der Waals surface area contributed by atoms with E-state index in [9.17, 15) is 4.79 Å². The van der Waals surface area contributed by atoms with Crippen LogP contribution in [0.5, 0.6) is 0 Å². The highest BCUT2D eigenvalue weighted by atomic mass is 32.2. The number of primary amides is 1. The fraction of sp³-hybridized carbons (Fsp3) is 0.333. The van der Waals surface area contributed by atoms with Crippen LogP contribution in [0.25, 0.3) is 5.69 Å². The second-order valence-electron chi connectivity index (χ2n) is 4.44. The van der Waals surface area contributed by atoms with E-state index in [1.54, 1.807) is 18.7 Å². The van der Waals surface area contributed by atoms with Crippen molar-refractivity contribution in [2.45, 2.75) is 17.6 Å². The highest BCUT2D eigenvalue weighted by molar-refractivity contribution is 7.99. The van der Waals surface area contributed by atoms with Gasteiger partial charge >= 0.3 is 0 Å². The van der Waals surface area contributed by atoms with Gasteiger partial charge in [-0.3, -0.25) is 4.79 Å². The molecule has 3 N–H and O–H groups in total. The van der Waals surface area contributed by atoms with E-state index in [-0.39, 0.29) is 0 Å². The van der Waals surface area contributed by atoms with Gasteiger partial charge in [0.05, 0.1) is 5.69 Å². The van der Waals surface area contributed by atoms with Gasteiger partial charge in [-0.25, -0.2) is 0 Å². The van der Waals surface area contributed by atoms with Crippen LogP contribution in [-0.2, 0) is 4.79 Å². The molecule has 0 radical (unpaired) electrons. The Morgan fingerprint density at radius 3 is 2.75 bits per heavy atom. The van der Waals surface area contributed by atoms with Gasteiger partial charge in [-0.05, 0) is 36.5 Å². The number of nitrogens with zero attached hydrogens (tertiary/aromatic N) is 4. The second kappa shape index (κ2) is 6.02. The van der Waals surface area contributed by atoms with Gasteiger partial charge in [0, 0.05) is 5.75 Å². The predicted molar refractivity (Wildman–Crippen MR) is 76.5 cm³/mol. The van der Waals surface area contributed by atoms with Crippen molar-refractivity contribution >= 4 is 17.7 Å². The average molecular weight is 292 g/mol. The zero-order valence-electron chi connectivity index (χ0n) is 11.3. The number of carbonyl (C=O) groups is 1. The van der Waals surface area contributed by atoms with E-state index < -0.39 is 11.4 Å². The summed E-state index contributed by atoms with van der Waals surface area (Å²) in [6.07, 6.45) is 0. The minimum Gasteiger partial charge on any atom is -0.368 e. The molecule has 106 valence electrons. The fourth-order valence-corrected chi connectivity index (χ4v) is 2.54. The van der Waals surface area contributed by atoms with Gasteiger partial charge in [0.15, 0.2) is 0 Å². The molecule has 1 atom stereocenters. The molecule has 2 aromatic rings. The SMILES string of the molecule is CNC(C)(CSc1nnnn1-c1ccccc1)C(N)=O. The van der Waals surface area contributed by atoms with Gasteiger partial charge in [0.2, 0.25) is 11.1 Å². The number of likely N-dealkylation sites (N-methyl/N-ethyl adjacent to an activating group) is 1. The van der Waals surface area contributed by atoms with E-state index in [1.807, 2.05) is 30.3 Å². The van der Waals surface area contributed by atoms with Gasteiger partial charge in [-0.2, -0.15) is 4.68 Å². The lowest BCUT2D eigenvalue weighted by atomic mass is 10.1. The molecule has 1 aromatic heterocycles. The van der Waals surface area contributed by atoms with Crippen LogP contribution < -0.4 is 11.1 Å². The van der Waals surface area contributed by atoms with Crippen molar-refractivity contribution in [1.82, 2.24) is 25.5 Å². The van der Waals surface area contributed by atoms with E-state index >= 15 is 0 Å². The lowest BCUT2D eigenvalue weighted by Crippen LogP contribution is -2.53. The molecule has 0 fully saturated rings. The number of para-hydroxylation sites is 1. The standard InChI is InChI=1S/C12H16N6OS/c1-12(14-2,10(13)19)8-20-11-15-16-17-18(11)9-6-4-3-5-7-9/h3-7,14H,8H2,1-2H3,(H2,13,19). The van der Waals surface area contributed by atoms with Crippen LogP contribution in [0.1, 0.15) is 6.92 Å². The van der Waals surface area contributed by atoms with Crippen LogP contribution in [0.3, 0.4) is 0 Å². The molecule has 8 heteroatoms. The number of hydrogen-bond acceptors (Lipinski definition) is 6. The largest absolute Gasteiger partial charge is 0.368 e. The summed E-state index contributed by atoms with van der Waals surface area (Å²) in [5.41, 5.74) is 5.46. The number of carbonyl (C=O) groups excluding carboxylic acids is 1. The van der Waals surface area contributed by atoms with Crippen LogP contribution in [0.15, 0.2) is 35.5 Å². The molecule has 1 heterocycles. The zero-order chi connectivity index (χ0) is 14.6. The molecular formula is C12H16N6OS. The fourth-order valence-electron chi connectivity index (χ4n) is 1.48. The molecule has 0 spiro atoms. The summed E-state index contributed by atoms with van der Waals surface area (Å²) in [4.78, 5) is 11.5. The highest BCUT2D eigenvalue weighted by Crippen LogP contribution is 2.22. The van der Waals surface area contributed by atoms with Gasteiger partial charge in [0.25, 0.3) is 0 Å². The molecule has 0 aliphatic heterocycles. The number of rotatable bonds is 6. The molecular weight excluding hydrogens is 276 g/mol. The zero-order valence-corrected chi connectivity index (χ0v) is 12.1.